The van der Waals surface area contributed by atoms with E-state index >= 15 is 0 Å². The molecule has 0 bridgehead atoms. The van der Waals surface area contributed by atoms with Crippen LogP contribution in [-0.4, -0.2) is 32.9 Å². The van der Waals surface area contributed by atoms with Crippen LogP contribution in [0.25, 0.3) is 0 Å². The fourth-order valence-electron chi connectivity index (χ4n) is 2.40. The summed E-state index contributed by atoms with van der Waals surface area (Å²) < 4.78 is 0. The van der Waals surface area contributed by atoms with E-state index < -0.39 is 29.4 Å². The maximum Gasteiger partial charge on any atom is 0.307 e. The van der Waals surface area contributed by atoms with Gasteiger partial charge in [-0.2, -0.15) is 0 Å². The Balaban J connectivity index is 4.98. The first-order valence-electron chi connectivity index (χ1n) is 5.58. The predicted molar refractivity (Wildman–Crippen MR) is 62.3 cm³/mol. The number of hydrogen-bond donors (Lipinski definition) is 3. The average molecular weight is 245 g/mol. The third-order valence-corrected chi connectivity index (χ3v) is 2.83. The molecule has 0 aliphatic heterocycles. The second-order valence-corrected chi connectivity index (χ2v) is 5.15. The Morgan fingerprint density at radius 1 is 1.24 bits per heavy atom. The van der Waals surface area contributed by atoms with Crippen LogP contribution < -0.4 is 0 Å². The quantitative estimate of drug-likeness (QED) is 0.630. The number of aliphatic carboxylic acids is 2. The Morgan fingerprint density at radius 3 is 1.94 bits per heavy atom. The van der Waals surface area contributed by atoms with Crippen molar-refractivity contribution in [2.24, 2.45) is 17.8 Å². The molecule has 5 nitrogen and oxygen atoms in total. The molecule has 2 unspecified atom stereocenters. The lowest BCUT2D eigenvalue weighted by atomic mass is 9.72. The largest absolute Gasteiger partial charge is 0.481 e. The molecule has 0 aliphatic carbocycles. The summed E-state index contributed by atoms with van der Waals surface area (Å²) in [5.41, 5.74) is -1.16. The second-order valence-electron chi connectivity index (χ2n) is 5.15. The Labute approximate surface area is 101 Å². The van der Waals surface area contributed by atoms with Crippen molar-refractivity contribution >= 4 is 11.9 Å². The highest BCUT2D eigenvalue weighted by molar-refractivity contribution is 5.78. The van der Waals surface area contributed by atoms with Gasteiger partial charge in [-0.05, 0) is 26.2 Å². The van der Waals surface area contributed by atoms with Gasteiger partial charge in [-0.15, -0.1) is 0 Å². The number of carboxylic acid groups (broad SMARTS) is 2. The van der Waals surface area contributed by atoms with E-state index in [-0.39, 0.29) is 12.3 Å². The van der Waals surface area contributed by atoms with Crippen LogP contribution in [0.15, 0.2) is 0 Å². The van der Waals surface area contributed by atoms with Crippen molar-refractivity contribution in [1.82, 2.24) is 0 Å². The molecule has 0 aromatic heterocycles. The summed E-state index contributed by atoms with van der Waals surface area (Å²) in [7, 11) is 0. The van der Waals surface area contributed by atoms with E-state index in [2.05, 4.69) is 0 Å². The van der Waals surface area contributed by atoms with Gasteiger partial charge in [0.2, 0.25) is 0 Å². The lowest BCUT2D eigenvalue weighted by Gasteiger charge is -2.36. The highest BCUT2D eigenvalue weighted by Crippen LogP contribution is 2.34. The van der Waals surface area contributed by atoms with E-state index in [0.29, 0.717) is 0 Å². The lowest BCUT2D eigenvalue weighted by Crippen LogP contribution is -2.43. The SMILES string of the molecule is CC(C)C(C(C[CH]C(=O)O)C(=O)O)C(C)(C)O. The molecule has 2 atom stereocenters. The monoisotopic (exact) mass is 245 g/mol. The van der Waals surface area contributed by atoms with E-state index in [9.17, 15) is 14.7 Å². The molecule has 0 rings (SSSR count). The van der Waals surface area contributed by atoms with Crippen molar-refractivity contribution in [2.45, 2.75) is 39.7 Å². The van der Waals surface area contributed by atoms with E-state index in [1.807, 2.05) is 13.8 Å². The van der Waals surface area contributed by atoms with Gasteiger partial charge in [0.15, 0.2) is 0 Å². The fourth-order valence-corrected chi connectivity index (χ4v) is 2.40. The van der Waals surface area contributed by atoms with Crippen LogP contribution in [0.2, 0.25) is 0 Å². The lowest BCUT2D eigenvalue weighted by molar-refractivity contribution is -0.150. The molecule has 0 aromatic carbocycles. The van der Waals surface area contributed by atoms with Gasteiger partial charge >= 0.3 is 11.9 Å². The van der Waals surface area contributed by atoms with E-state index in [1.165, 1.54) is 0 Å². The maximum atomic E-state index is 11.2. The topological polar surface area (TPSA) is 94.8 Å². The standard InChI is InChI=1S/C12H21O5/c1-7(2)10(12(3,4)17)8(11(15)16)5-6-9(13)14/h6-8,10,17H,5H2,1-4H3,(H,13,14)(H,15,16). The third-order valence-electron chi connectivity index (χ3n) is 2.83. The van der Waals surface area contributed by atoms with Gasteiger partial charge in [0, 0.05) is 5.92 Å². The van der Waals surface area contributed by atoms with Gasteiger partial charge in [0.05, 0.1) is 17.9 Å². The molecule has 0 fully saturated rings. The van der Waals surface area contributed by atoms with Gasteiger partial charge in [0.25, 0.3) is 0 Å². The van der Waals surface area contributed by atoms with E-state index in [4.69, 9.17) is 10.2 Å². The first-order chi connectivity index (χ1) is 7.57. The van der Waals surface area contributed by atoms with E-state index in [0.717, 1.165) is 6.42 Å². The molecular formula is C12H21O5. The number of rotatable bonds is 7. The van der Waals surface area contributed by atoms with Crippen molar-refractivity contribution in [3.63, 3.8) is 0 Å². The molecule has 0 saturated heterocycles. The molecule has 3 N–H and O–H groups in total. The summed E-state index contributed by atoms with van der Waals surface area (Å²) in [6.45, 7) is 6.74. The summed E-state index contributed by atoms with van der Waals surface area (Å²) in [5.74, 6) is -3.68. The summed E-state index contributed by atoms with van der Waals surface area (Å²) >= 11 is 0. The van der Waals surface area contributed by atoms with Crippen molar-refractivity contribution < 1.29 is 24.9 Å². The highest BCUT2D eigenvalue weighted by Gasteiger charge is 2.40. The molecule has 0 heterocycles. The Bertz CT molecular complexity index is 277. The highest BCUT2D eigenvalue weighted by atomic mass is 16.4. The van der Waals surface area contributed by atoms with Crippen molar-refractivity contribution in [1.29, 1.82) is 0 Å². The minimum Gasteiger partial charge on any atom is -0.481 e. The van der Waals surface area contributed by atoms with Gasteiger partial charge in [-0.25, -0.2) is 0 Å². The molecular weight excluding hydrogens is 224 g/mol. The Kier molecular flexibility index (Phi) is 5.61. The fraction of sp³-hybridized carbons (Fsp3) is 0.750. The second kappa shape index (κ2) is 6.00. The van der Waals surface area contributed by atoms with Gasteiger partial charge < -0.3 is 15.3 Å². The summed E-state index contributed by atoms with van der Waals surface area (Å²) in [6, 6.07) is 0. The number of carboxylic acids is 2. The van der Waals surface area contributed by atoms with Gasteiger partial charge in [-0.1, -0.05) is 13.8 Å². The molecule has 0 aromatic rings. The molecule has 0 aliphatic rings. The van der Waals surface area contributed by atoms with E-state index in [1.54, 1.807) is 13.8 Å². The zero-order chi connectivity index (χ0) is 13.8. The summed E-state index contributed by atoms with van der Waals surface area (Å²) in [4.78, 5) is 21.6. The van der Waals surface area contributed by atoms with Gasteiger partial charge in [-0.3, -0.25) is 9.59 Å². The first-order valence-corrected chi connectivity index (χ1v) is 5.58. The van der Waals surface area contributed by atoms with Crippen molar-refractivity contribution in [2.75, 3.05) is 0 Å². The third kappa shape index (κ3) is 5.17. The first kappa shape index (κ1) is 15.9. The molecule has 0 amide bonds. The number of hydrogen-bond acceptors (Lipinski definition) is 3. The van der Waals surface area contributed by atoms with Crippen LogP contribution in [0.3, 0.4) is 0 Å². The number of aliphatic hydroxyl groups is 1. The van der Waals surface area contributed by atoms with Gasteiger partial charge in [0.1, 0.15) is 0 Å². The molecule has 17 heavy (non-hydrogen) atoms. The van der Waals surface area contributed by atoms with Crippen LogP contribution in [0.5, 0.6) is 0 Å². The molecule has 0 saturated carbocycles. The molecule has 1 radical (unpaired) electrons. The number of carbonyl (C=O) groups is 2. The predicted octanol–water partition coefficient (Wildman–Crippen LogP) is 1.41. The minimum atomic E-state index is -1.16. The average Bonchev–Trinajstić information content (AvgIpc) is 2.07. The zero-order valence-electron chi connectivity index (χ0n) is 10.7. The molecule has 0 spiro atoms. The van der Waals surface area contributed by atoms with Crippen LogP contribution in [0.4, 0.5) is 0 Å². The maximum absolute atomic E-state index is 11.2. The molecule has 5 heteroatoms. The summed E-state index contributed by atoms with van der Waals surface area (Å²) in [5, 5.41) is 27.7. The molecule has 99 valence electrons. The van der Waals surface area contributed by atoms with Crippen molar-refractivity contribution in [3.8, 4) is 0 Å². The van der Waals surface area contributed by atoms with Crippen LogP contribution in [0.1, 0.15) is 34.1 Å². The van der Waals surface area contributed by atoms with Crippen LogP contribution in [-0.2, 0) is 9.59 Å². The normalized spacial score (nSPS) is 15.6. The van der Waals surface area contributed by atoms with Crippen molar-refractivity contribution in [3.05, 3.63) is 6.42 Å². The minimum absolute atomic E-state index is 0.0571. The Hall–Kier alpha value is -1.10. The Morgan fingerprint density at radius 2 is 1.71 bits per heavy atom. The smallest absolute Gasteiger partial charge is 0.307 e. The zero-order valence-corrected chi connectivity index (χ0v) is 10.7. The summed E-state index contributed by atoms with van der Waals surface area (Å²) in [6.07, 6.45) is 0.845. The van der Waals surface area contributed by atoms with Crippen LogP contribution >= 0.6 is 0 Å². The van der Waals surface area contributed by atoms with Crippen LogP contribution in [0, 0.1) is 24.2 Å².